The van der Waals surface area contributed by atoms with Gasteiger partial charge in [0.1, 0.15) is 16.2 Å². The van der Waals surface area contributed by atoms with E-state index >= 15 is 0 Å². The fourth-order valence-corrected chi connectivity index (χ4v) is 1.76. The molecular weight excluding hydrogens is 286 g/mol. The van der Waals surface area contributed by atoms with Crippen LogP contribution in [0.3, 0.4) is 0 Å². The van der Waals surface area contributed by atoms with Gasteiger partial charge in [0.2, 0.25) is 0 Å². The van der Waals surface area contributed by atoms with Gasteiger partial charge in [-0.2, -0.15) is 11.8 Å². The van der Waals surface area contributed by atoms with E-state index in [-0.39, 0.29) is 0 Å². The molecule has 0 fully saturated rings. The lowest BCUT2D eigenvalue weighted by Crippen LogP contribution is -2.14. The number of hydrogen-bond acceptors (Lipinski definition) is 4. The Morgan fingerprint density at radius 1 is 1.38 bits per heavy atom. The van der Waals surface area contributed by atoms with Gasteiger partial charge in [-0.15, -0.1) is 0 Å². The van der Waals surface area contributed by atoms with E-state index in [0.29, 0.717) is 11.2 Å². The number of nitrogens with zero attached hydrogens (tertiary/aromatic N) is 2. The van der Waals surface area contributed by atoms with Crippen LogP contribution in [0.5, 0.6) is 0 Å². The van der Waals surface area contributed by atoms with Crippen molar-refractivity contribution in [3.8, 4) is 0 Å². The SMILES string of the molecule is CSC(C)CNc1cc(Br)nc(C(C)C)n1. The second-order valence-corrected chi connectivity index (χ2v) is 6.10. The first kappa shape index (κ1) is 13.8. The topological polar surface area (TPSA) is 37.8 Å². The summed E-state index contributed by atoms with van der Waals surface area (Å²) in [5.41, 5.74) is 0. The molecule has 0 bridgehead atoms. The molecule has 1 unspecified atom stereocenters. The van der Waals surface area contributed by atoms with E-state index in [1.807, 2.05) is 17.8 Å². The summed E-state index contributed by atoms with van der Waals surface area (Å²) in [5, 5.41) is 3.91. The molecule has 0 aliphatic heterocycles. The highest BCUT2D eigenvalue weighted by atomic mass is 79.9. The zero-order valence-corrected chi connectivity index (χ0v) is 12.5. The third-order valence-electron chi connectivity index (χ3n) is 2.20. The average Bonchev–Trinajstić information content (AvgIpc) is 2.25. The summed E-state index contributed by atoms with van der Waals surface area (Å²) in [6.45, 7) is 7.30. The van der Waals surface area contributed by atoms with Crippen LogP contribution in [0, 0.1) is 0 Å². The molecule has 1 heterocycles. The first-order valence-electron chi connectivity index (χ1n) is 5.34. The Morgan fingerprint density at radius 2 is 2.06 bits per heavy atom. The van der Waals surface area contributed by atoms with Crippen LogP contribution in [-0.4, -0.2) is 28.0 Å². The highest BCUT2D eigenvalue weighted by molar-refractivity contribution is 9.10. The minimum absolute atomic E-state index is 0.344. The largest absolute Gasteiger partial charge is 0.369 e. The molecule has 0 aliphatic rings. The molecule has 1 aromatic rings. The number of thioether (sulfide) groups is 1. The van der Waals surface area contributed by atoms with E-state index < -0.39 is 0 Å². The number of nitrogens with one attached hydrogen (secondary N) is 1. The van der Waals surface area contributed by atoms with Crippen molar-refractivity contribution in [2.24, 2.45) is 0 Å². The van der Waals surface area contributed by atoms with Crippen molar-refractivity contribution in [1.29, 1.82) is 0 Å². The van der Waals surface area contributed by atoms with Crippen molar-refractivity contribution < 1.29 is 0 Å². The van der Waals surface area contributed by atoms with Crippen LogP contribution in [0.25, 0.3) is 0 Å². The molecule has 0 saturated carbocycles. The molecule has 0 amide bonds. The van der Waals surface area contributed by atoms with Gasteiger partial charge >= 0.3 is 0 Å². The zero-order chi connectivity index (χ0) is 12.1. The fraction of sp³-hybridized carbons (Fsp3) is 0.636. The van der Waals surface area contributed by atoms with Crippen molar-refractivity contribution in [3.63, 3.8) is 0 Å². The molecule has 0 spiro atoms. The first-order valence-corrected chi connectivity index (χ1v) is 7.42. The second-order valence-electron chi connectivity index (χ2n) is 4.02. The smallest absolute Gasteiger partial charge is 0.134 e. The van der Waals surface area contributed by atoms with Crippen molar-refractivity contribution in [1.82, 2.24) is 9.97 Å². The summed E-state index contributed by atoms with van der Waals surface area (Å²) in [4.78, 5) is 8.82. The summed E-state index contributed by atoms with van der Waals surface area (Å²) in [7, 11) is 0. The third kappa shape index (κ3) is 4.29. The molecule has 1 N–H and O–H groups in total. The molecule has 1 atom stereocenters. The van der Waals surface area contributed by atoms with Crippen molar-refractivity contribution in [3.05, 3.63) is 16.5 Å². The highest BCUT2D eigenvalue weighted by Crippen LogP contribution is 2.17. The van der Waals surface area contributed by atoms with E-state index in [1.54, 1.807) is 0 Å². The Bertz CT molecular complexity index is 344. The van der Waals surface area contributed by atoms with Crippen LogP contribution in [0.15, 0.2) is 10.7 Å². The van der Waals surface area contributed by atoms with E-state index in [4.69, 9.17) is 0 Å². The average molecular weight is 304 g/mol. The summed E-state index contributed by atoms with van der Waals surface area (Å²) in [5.74, 6) is 2.11. The number of hydrogen-bond donors (Lipinski definition) is 1. The van der Waals surface area contributed by atoms with E-state index in [0.717, 1.165) is 22.8 Å². The van der Waals surface area contributed by atoms with Gasteiger partial charge in [0.15, 0.2) is 0 Å². The zero-order valence-electron chi connectivity index (χ0n) is 10.1. The molecule has 16 heavy (non-hydrogen) atoms. The monoisotopic (exact) mass is 303 g/mol. The van der Waals surface area contributed by atoms with Gasteiger partial charge in [0.25, 0.3) is 0 Å². The normalized spacial score (nSPS) is 12.9. The maximum Gasteiger partial charge on any atom is 0.134 e. The van der Waals surface area contributed by atoms with Gasteiger partial charge in [0.05, 0.1) is 0 Å². The van der Waals surface area contributed by atoms with Crippen LogP contribution in [0.1, 0.15) is 32.5 Å². The van der Waals surface area contributed by atoms with Gasteiger partial charge in [-0.25, -0.2) is 9.97 Å². The molecule has 0 aromatic carbocycles. The maximum absolute atomic E-state index is 4.48. The molecule has 3 nitrogen and oxygen atoms in total. The van der Waals surface area contributed by atoms with Gasteiger partial charge < -0.3 is 5.32 Å². The van der Waals surface area contributed by atoms with Gasteiger partial charge in [-0.3, -0.25) is 0 Å². The summed E-state index contributed by atoms with van der Waals surface area (Å²) in [6.07, 6.45) is 2.11. The van der Waals surface area contributed by atoms with E-state index in [1.165, 1.54) is 0 Å². The van der Waals surface area contributed by atoms with Crippen LogP contribution in [0.4, 0.5) is 5.82 Å². The number of halogens is 1. The molecule has 1 rings (SSSR count). The lowest BCUT2D eigenvalue weighted by atomic mass is 10.2. The summed E-state index contributed by atoms with van der Waals surface area (Å²) in [6, 6.07) is 1.92. The quantitative estimate of drug-likeness (QED) is 0.845. The lowest BCUT2D eigenvalue weighted by molar-refractivity contribution is 0.769. The predicted molar refractivity (Wildman–Crippen MR) is 75.3 cm³/mol. The van der Waals surface area contributed by atoms with E-state index in [9.17, 15) is 0 Å². The Balaban J connectivity index is 2.72. The molecule has 0 radical (unpaired) electrons. The van der Waals surface area contributed by atoms with Crippen LogP contribution >= 0.6 is 27.7 Å². The minimum Gasteiger partial charge on any atom is -0.369 e. The van der Waals surface area contributed by atoms with Gasteiger partial charge in [-0.1, -0.05) is 20.8 Å². The van der Waals surface area contributed by atoms with Crippen molar-refractivity contribution in [2.45, 2.75) is 31.9 Å². The first-order chi connectivity index (χ1) is 7.52. The fourth-order valence-electron chi connectivity index (χ4n) is 1.12. The third-order valence-corrected chi connectivity index (χ3v) is 3.58. The second kappa shape index (κ2) is 6.45. The van der Waals surface area contributed by atoms with Crippen LogP contribution in [-0.2, 0) is 0 Å². The summed E-state index contributed by atoms with van der Waals surface area (Å²) < 4.78 is 0.838. The molecule has 90 valence electrons. The van der Waals surface area contributed by atoms with Crippen LogP contribution < -0.4 is 5.32 Å². The Hall–Kier alpha value is -0.290. The molecular formula is C11H18BrN3S. The molecule has 0 saturated heterocycles. The predicted octanol–water partition coefficient (Wildman–Crippen LogP) is 3.53. The van der Waals surface area contributed by atoms with Crippen LogP contribution in [0.2, 0.25) is 0 Å². The standard InChI is InChI=1S/C11H18BrN3S/c1-7(2)11-14-9(12)5-10(15-11)13-6-8(3)16-4/h5,7-8H,6H2,1-4H3,(H,13,14,15). The van der Waals surface area contributed by atoms with Gasteiger partial charge in [-0.05, 0) is 22.2 Å². The number of aromatic nitrogens is 2. The van der Waals surface area contributed by atoms with Gasteiger partial charge in [0, 0.05) is 23.8 Å². The Labute approximate surface area is 110 Å². The highest BCUT2D eigenvalue weighted by Gasteiger charge is 2.07. The number of rotatable bonds is 5. The van der Waals surface area contributed by atoms with Crippen molar-refractivity contribution in [2.75, 3.05) is 18.1 Å². The number of anilines is 1. The Kier molecular flexibility index (Phi) is 5.55. The van der Waals surface area contributed by atoms with Crippen molar-refractivity contribution >= 4 is 33.5 Å². The Morgan fingerprint density at radius 3 is 2.62 bits per heavy atom. The minimum atomic E-state index is 0.344. The lowest BCUT2D eigenvalue weighted by Gasteiger charge is -2.12. The molecule has 0 aliphatic carbocycles. The molecule has 5 heteroatoms. The van der Waals surface area contributed by atoms with E-state index in [2.05, 4.69) is 58.2 Å². The maximum atomic E-state index is 4.48. The summed E-state index contributed by atoms with van der Waals surface area (Å²) >= 11 is 5.25. The molecule has 1 aromatic heterocycles.